The number of carbonyl (C=O) groups is 2. The first-order valence-electron chi connectivity index (χ1n) is 8.94. The zero-order valence-electron chi connectivity index (χ0n) is 14.8. The van der Waals surface area contributed by atoms with Crippen LogP contribution >= 0.6 is 11.3 Å². The van der Waals surface area contributed by atoms with Crippen LogP contribution in [0.4, 0.5) is 5.69 Å². The first-order chi connectivity index (χ1) is 12.0. The number of likely N-dealkylation sites (tertiary alicyclic amines) is 2. The summed E-state index contributed by atoms with van der Waals surface area (Å²) < 4.78 is 5.10. The van der Waals surface area contributed by atoms with Crippen LogP contribution in [0.25, 0.3) is 0 Å². The summed E-state index contributed by atoms with van der Waals surface area (Å²) in [6.45, 7) is 3.64. The number of piperidine rings is 2. The fraction of sp³-hybridized carbons (Fsp3) is 0.667. The van der Waals surface area contributed by atoms with Crippen LogP contribution in [0.3, 0.4) is 0 Å². The van der Waals surface area contributed by atoms with Crippen LogP contribution in [0.15, 0.2) is 11.4 Å². The van der Waals surface area contributed by atoms with Crippen molar-refractivity contribution >= 4 is 28.8 Å². The third kappa shape index (κ3) is 3.98. The Labute approximate surface area is 152 Å². The third-order valence-electron chi connectivity index (χ3n) is 5.36. The van der Waals surface area contributed by atoms with E-state index in [1.165, 1.54) is 11.3 Å². The molecule has 2 aliphatic rings. The number of hydrogen-bond acceptors (Lipinski definition) is 5. The van der Waals surface area contributed by atoms with Gasteiger partial charge in [0.05, 0.1) is 5.69 Å². The van der Waals surface area contributed by atoms with Gasteiger partial charge in [-0.15, -0.1) is 11.3 Å². The quantitative estimate of drug-likeness (QED) is 0.812. The zero-order chi connectivity index (χ0) is 17.9. The lowest BCUT2D eigenvalue weighted by atomic mass is 9.73. The van der Waals surface area contributed by atoms with Crippen LogP contribution < -0.4 is 5.73 Å². The molecular formula is C18H27N3O3S. The van der Waals surface area contributed by atoms with Gasteiger partial charge in [0.2, 0.25) is 5.91 Å². The number of anilines is 1. The van der Waals surface area contributed by atoms with E-state index in [0.717, 1.165) is 51.9 Å². The fourth-order valence-electron chi connectivity index (χ4n) is 4.06. The monoisotopic (exact) mass is 365 g/mol. The van der Waals surface area contributed by atoms with Crippen LogP contribution in [-0.4, -0.2) is 61.5 Å². The van der Waals surface area contributed by atoms with Crippen LogP contribution in [0, 0.1) is 5.41 Å². The van der Waals surface area contributed by atoms with Crippen molar-refractivity contribution in [3.63, 3.8) is 0 Å². The number of ether oxygens (including phenoxy) is 1. The van der Waals surface area contributed by atoms with E-state index in [0.29, 0.717) is 23.6 Å². The van der Waals surface area contributed by atoms with E-state index in [4.69, 9.17) is 10.5 Å². The standard InChI is InChI=1S/C18H27N3O3S/c1-24-10-3-9-20-12-18(7-4-15(20)22)6-2-8-21(13-18)17(23)16-14(19)5-11-25-16/h5,11H,2-4,6-10,12-13,19H2,1H3/t18-/m1/s1. The lowest BCUT2D eigenvalue weighted by Crippen LogP contribution is -2.55. The molecule has 0 bridgehead atoms. The van der Waals surface area contributed by atoms with Gasteiger partial charge in [0.25, 0.3) is 5.91 Å². The summed E-state index contributed by atoms with van der Waals surface area (Å²) in [5.41, 5.74) is 6.52. The van der Waals surface area contributed by atoms with Gasteiger partial charge in [-0.2, -0.15) is 0 Å². The molecule has 3 rings (SSSR count). The molecule has 2 aliphatic heterocycles. The highest BCUT2D eigenvalue weighted by molar-refractivity contribution is 7.12. The average molecular weight is 365 g/mol. The van der Waals surface area contributed by atoms with Crippen LogP contribution in [0.5, 0.6) is 0 Å². The summed E-state index contributed by atoms with van der Waals surface area (Å²) in [6, 6.07) is 1.79. The Morgan fingerprint density at radius 3 is 2.96 bits per heavy atom. The predicted molar refractivity (Wildman–Crippen MR) is 98.6 cm³/mol. The second kappa shape index (κ2) is 7.74. The van der Waals surface area contributed by atoms with Crippen molar-refractivity contribution < 1.29 is 14.3 Å². The molecule has 1 atom stereocenters. The molecule has 1 aromatic rings. The molecule has 1 spiro atoms. The van der Waals surface area contributed by atoms with Crippen molar-refractivity contribution in [1.29, 1.82) is 0 Å². The molecule has 0 radical (unpaired) electrons. The van der Waals surface area contributed by atoms with Gasteiger partial charge >= 0.3 is 0 Å². The Hall–Kier alpha value is -1.60. The number of methoxy groups -OCH3 is 1. The number of hydrogen-bond donors (Lipinski definition) is 1. The Bertz CT molecular complexity index is 633. The van der Waals surface area contributed by atoms with E-state index in [9.17, 15) is 9.59 Å². The predicted octanol–water partition coefficient (Wildman–Crippen LogP) is 2.21. The lowest BCUT2D eigenvalue weighted by molar-refractivity contribution is -0.139. The van der Waals surface area contributed by atoms with Crippen LogP contribution in [-0.2, 0) is 9.53 Å². The zero-order valence-corrected chi connectivity index (χ0v) is 15.6. The summed E-state index contributed by atoms with van der Waals surface area (Å²) in [6.07, 6.45) is 4.36. The summed E-state index contributed by atoms with van der Waals surface area (Å²) in [5.74, 6) is 0.266. The number of thiophene rings is 1. The minimum atomic E-state index is 0.0287. The molecule has 25 heavy (non-hydrogen) atoms. The number of nitrogens with two attached hydrogens (primary N) is 1. The smallest absolute Gasteiger partial charge is 0.266 e. The van der Waals surface area contributed by atoms with Gasteiger partial charge < -0.3 is 20.3 Å². The highest BCUT2D eigenvalue weighted by atomic mass is 32.1. The average Bonchev–Trinajstić information content (AvgIpc) is 3.04. The fourth-order valence-corrected chi connectivity index (χ4v) is 4.84. The molecule has 0 aromatic carbocycles. The van der Waals surface area contributed by atoms with Crippen molar-refractivity contribution in [1.82, 2.24) is 9.80 Å². The van der Waals surface area contributed by atoms with Crippen molar-refractivity contribution in [2.24, 2.45) is 5.41 Å². The van der Waals surface area contributed by atoms with E-state index in [2.05, 4.69) is 0 Å². The number of nitrogens with zero attached hydrogens (tertiary/aromatic N) is 2. The molecule has 2 saturated heterocycles. The Morgan fingerprint density at radius 1 is 1.40 bits per heavy atom. The van der Waals surface area contributed by atoms with E-state index in [1.54, 1.807) is 13.2 Å². The molecule has 0 saturated carbocycles. The summed E-state index contributed by atoms with van der Waals surface area (Å²) in [7, 11) is 1.68. The Kier molecular flexibility index (Phi) is 5.64. The summed E-state index contributed by atoms with van der Waals surface area (Å²) >= 11 is 1.41. The van der Waals surface area contributed by atoms with Crippen molar-refractivity contribution in [3.05, 3.63) is 16.3 Å². The summed E-state index contributed by atoms with van der Waals surface area (Å²) in [4.78, 5) is 29.6. The molecule has 1 aromatic heterocycles. The third-order valence-corrected chi connectivity index (χ3v) is 6.28. The van der Waals surface area contributed by atoms with E-state index >= 15 is 0 Å². The first-order valence-corrected chi connectivity index (χ1v) is 9.82. The second-order valence-corrected chi connectivity index (χ2v) is 8.11. The number of nitrogen functional groups attached to an aromatic ring is 1. The molecule has 2 amide bonds. The number of amides is 2. The molecule has 2 N–H and O–H groups in total. The maximum absolute atomic E-state index is 12.8. The van der Waals surface area contributed by atoms with Gasteiger partial charge in [-0.1, -0.05) is 0 Å². The lowest BCUT2D eigenvalue weighted by Gasteiger charge is -2.48. The number of rotatable bonds is 5. The van der Waals surface area contributed by atoms with E-state index in [1.807, 2.05) is 15.2 Å². The van der Waals surface area contributed by atoms with Gasteiger partial charge in [-0.3, -0.25) is 9.59 Å². The maximum Gasteiger partial charge on any atom is 0.266 e. The molecule has 138 valence electrons. The SMILES string of the molecule is COCCCN1C[C@@]2(CCCN(C(=O)c3sccc3N)C2)CCC1=O. The Balaban J connectivity index is 1.68. The Morgan fingerprint density at radius 2 is 2.24 bits per heavy atom. The van der Waals surface area contributed by atoms with Gasteiger partial charge in [-0.25, -0.2) is 0 Å². The largest absolute Gasteiger partial charge is 0.397 e. The molecule has 0 aliphatic carbocycles. The van der Waals surface area contributed by atoms with Gasteiger partial charge in [0.1, 0.15) is 4.88 Å². The molecule has 7 heteroatoms. The molecule has 3 heterocycles. The van der Waals surface area contributed by atoms with Crippen LogP contribution in [0.2, 0.25) is 0 Å². The van der Waals surface area contributed by atoms with Gasteiger partial charge in [0.15, 0.2) is 0 Å². The minimum absolute atomic E-state index is 0.0287. The van der Waals surface area contributed by atoms with Crippen LogP contribution in [0.1, 0.15) is 41.8 Å². The van der Waals surface area contributed by atoms with Gasteiger partial charge in [-0.05, 0) is 37.1 Å². The first kappa shape index (κ1) is 18.2. The highest BCUT2D eigenvalue weighted by Crippen LogP contribution is 2.39. The number of carbonyl (C=O) groups excluding carboxylic acids is 2. The van der Waals surface area contributed by atoms with Crippen molar-refractivity contribution in [3.8, 4) is 0 Å². The van der Waals surface area contributed by atoms with E-state index < -0.39 is 0 Å². The van der Waals surface area contributed by atoms with Crippen molar-refractivity contribution in [2.45, 2.75) is 32.1 Å². The van der Waals surface area contributed by atoms with Gasteiger partial charge in [0, 0.05) is 51.7 Å². The topological polar surface area (TPSA) is 75.9 Å². The highest BCUT2D eigenvalue weighted by Gasteiger charge is 2.42. The molecule has 6 nitrogen and oxygen atoms in total. The molecular weight excluding hydrogens is 338 g/mol. The maximum atomic E-state index is 12.8. The second-order valence-electron chi connectivity index (χ2n) is 7.20. The minimum Gasteiger partial charge on any atom is -0.397 e. The molecule has 0 unspecified atom stereocenters. The molecule has 2 fully saturated rings. The van der Waals surface area contributed by atoms with Crippen molar-refractivity contribution in [2.75, 3.05) is 45.6 Å². The van der Waals surface area contributed by atoms with E-state index in [-0.39, 0.29) is 17.2 Å². The normalized spacial score (nSPS) is 24.1. The summed E-state index contributed by atoms with van der Waals surface area (Å²) in [5, 5.41) is 1.86.